The number of rotatable bonds is 3. The van der Waals surface area contributed by atoms with Crippen molar-refractivity contribution in [2.75, 3.05) is 12.4 Å². The number of halogens is 2. The molecule has 3 heteroatoms. The van der Waals surface area contributed by atoms with Crippen LogP contribution >= 0.6 is 11.6 Å². The molecule has 0 N–H and O–H groups in total. The highest BCUT2D eigenvalue weighted by molar-refractivity contribution is 6.18. The standard InChI is InChI=1S/C14H19ClFN/c15-10-14-7-2-1-3-8-17(14)11-12-5-4-6-13(16)9-12/h4-6,9,14H,1-3,7-8,10-11H2. The maximum Gasteiger partial charge on any atom is 0.123 e. The monoisotopic (exact) mass is 255 g/mol. The molecule has 1 aromatic carbocycles. The largest absolute Gasteiger partial charge is 0.295 e. The van der Waals surface area contributed by atoms with Crippen molar-refractivity contribution in [2.45, 2.75) is 38.3 Å². The van der Waals surface area contributed by atoms with Crippen molar-refractivity contribution in [1.82, 2.24) is 4.90 Å². The molecule has 1 saturated heterocycles. The Morgan fingerprint density at radius 3 is 2.94 bits per heavy atom. The van der Waals surface area contributed by atoms with Gasteiger partial charge in [-0.15, -0.1) is 11.6 Å². The van der Waals surface area contributed by atoms with Crippen LogP contribution in [0.1, 0.15) is 31.2 Å². The molecular formula is C14H19ClFN. The summed E-state index contributed by atoms with van der Waals surface area (Å²) in [4.78, 5) is 2.40. The quantitative estimate of drug-likeness (QED) is 0.743. The van der Waals surface area contributed by atoms with Gasteiger partial charge in [-0.3, -0.25) is 4.90 Å². The van der Waals surface area contributed by atoms with E-state index < -0.39 is 0 Å². The van der Waals surface area contributed by atoms with Crippen LogP contribution in [0.15, 0.2) is 24.3 Å². The lowest BCUT2D eigenvalue weighted by atomic mass is 10.1. The molecule has 1 aliphatic rings. The molecule has 1 aliphatic heterocycles. The first-order valence-corrected chi connectivity index (χ1v) is 6.87. The molecule has 0 aliphatic carbocycles. The van der Waals surface area contributed by atoms with E-state index in [4.69, 9.17) is 11.6 Å². The Balaban J connectivity index is 2.04. The minimum absolute atomic E-state index is 0.153. The van der Waals surface area contributed by atoms with E-state index >= 15 is 0 Å². The number of benzene rings is 1. The van der Waals surface area contributed by atoms with Gasteiger partial charge in [0.1, 0.15) is 5.82 Å². The molecule has 1 nitrogen and oxygen atoms in total. The van der Waals surface area contributed by atoms with Crippen molar-refractivity contribution >= 4 is 11.6 Å². The fraction of sp³-hybridized carbons (Fsp3) is 0.571. The first-order valence-electron chi connectivity index (χ1n) is 6.34. The van der Waals surface area contributed by atoms with Crippen LogP contribution in [0.5, 0.6) is 0 Å². The van der Waals surface area contributed by atoms with E-state index in [1.54, 1.807) is 12.1 Å². The van der Waals surface area contributed by atoms with E-state index in [1.807, 2.05) is 6.07 Å². The van der Waals surface area contributed by atoms with Crippen LogP contribution in [-0.2, 0) is 6.54 Å². The molecule has 0 radical (unpaired) electrons. The van der Waals surface area contributed by atoms with Crippen molar-refractivity contribution in [3.05, 3.63) is 35.6 Å². The van der Waals surface area contributed by atoms with Gasteiger partial charge >= 0.3 is 0 Å². The molecule has 1 aromatic rings. The molecule has 0 amide bonds. The normalized spacial score (nSPS) is 22.4. The van der Waals surface area contributed by atoms with E-state index in [2.05, 4.69) is 4.90 Å². The number of nitrogens with zero attached hydrogens (tertiary/aromatic N) is 1. The highest BCUT2D eigenvalue weighted by Crippen LogP contribution is 2.20. The average molecular weight is 256 g/mol. The smallest absolute Gasteiger partial charge is 0.123 e. The lowest BCUT2D eigenvalue weighted by Gasteiger charge is -2.28. The van der Waals surface area contributed by atoms with Gasteiger partial charge in [0.25, 0.3) is 0 Å². The van der Waals surface area contributed by atoms with E-state index in [9.17, 15) is 4.39 Å². The third kappa shape index (κ3) is 3.68. The van der Waals surface area contributed by atoms with Crippen molar-refractivity contribution in [3.8, 4) is 0 Å². The molecule has 1 fully saturated rings. The van der Waals surface area contributed by atoms with Crippen LogP contribution in [-0.4, -0.2) is 23.4 Å². The highest BCUT2D eigenvalue weighted by Gasteiger charge is 2.20. The SMILES string of the molecule is Fc1cccc(CN2CCCCCC2CCl)c1. The van der Waals surface area contributed by atoms with Gasteiger partial charge in [0, 0.05) is 18.5 Å². The van der Waals surface area contributed by atoms with Gasteiger partial charge in [-0.2, -0.15) is 0 Å². The van der Waals surface area contributed by atoms with E-state index in [-0.39, 0.29) is 5.82 Å². The molecule has 1 atom stereocenters. The van der Waals surface area contributed by atoms with E-state index in [1.165, 1.54) is 31.7 Å². The Morgan fingerprint density at radius 2 is 2.18 bits per heavy atom. The summed E-state index contributed by atoms with van der Waals surface area (Å²) in [7, 11) is 0. The number of alkyl halides is 1. The van der Waals surface area contributed by atoms with E-state index in [0.717, 1.165) is 18.7 Å². The van der Waals surface area contributed by atoms with Gasteiger partial charge < -0.3 is 0 Å². The Morgan fingerprint density at radius 1 is 1.29 bits per heavy atom. The Hall–Kier alpha value is -0.600. The summed E-state index contributed by atoms with van der Waals surface area (Å²) in [5, 5.41) is 0. The molecule has 2 rings (SSSR count). The second-order valence-corrected chi connectivity index (χ2v) is 5.07. The molecule has 17 heavy (non-hydrogen) atoms. The number of hydrogen-bond acceptors (Lipinski definition) is 1. The fourth-order valence-electron chi connectivity index (χ4n) is 2.49. The van der Waals surface area contributed by atoms with Crippen molar-refractivity contribution in [2.24, 2.45) is 0 Å². The molecule has 1 heterocycles. The minimum Gasteiger partial charge on any atom is -0.295 e. The van der Waals surface area contributed by atoms with Gasteiger partial charge in [0.05, 0.1) is 0 Å². The second kappa shape index (κ2) is 6.36. The predicted octanol–water partition coefficient (Wildman–Crippen LogP) is 3.81. The van der Waals surface area contributed by atoms with Gasteiger partial charge in [-0.25, -0.2) is 4.39 Å². The third-order valence-electron chi connectivity index (χ3n) is 3.45. The molecule has 1 unspecified atom stereocenters. The van der Waals surface area contributed by atoms with Crippen LogP contribution in [0.2, 0.25) is 0 Å². The Labute approximate surface area is 108 Å². The summed E-state index contributed by atoms with van der Waals surface area (Å²) >= 11 is 6.03. The van der Waals surface area contributed by atoms with Crippen molar-refractivity contribution < 1.29 is 4.39 Å². The zero-order valence-electron chi connectivity index (χ0n) is 10.0. The van der Waals surface area contributed by atoms with Gasteiger partial charge in [-0.05, 0) is 37.1 Å². The lowest BCUT2D eigenvalue weighted by molar-refractivity contribution is 0.207. The third-order valence-corrected chi connectivity index (χ3v) is 3.81. The first-order chi connectivity index (χ1) is 8.29. The fourth-order valence-corrected chi connectivity index (χ4v) is 2.84. The summed E-state index contributed by atoms with van der Waals surface area (Å²) in [5.74, 6) is 0.523. The zero-order valence-corrected chi connectivity index (χ0v) is 10.8. The van der Waals surface area contributed by atoms with Crippen LogP contribution in [0, 0.1) is 5.82 Å². The van der Waals surface area contributed by atoms with Gasteiger partial charge in [0.15, 0.2) is 0 Å². The van der Waals surface area contributed by atoms with Crippen LogP contribution in [0.25, 0.3) is 0 Å². The van der Waals surface area contributed by atoms with Crippen LogP contribution < -0.4 is 0 Å². The first kappa shape index (κ1) is 12.8. The molecule has 0 aromatic heterocycles. The maximum atomic E-state index is 13.1. The lowest BCUT2D eigenvalue weighted by Crippen LogP contribution is -2.35. The van der Waals surface area contributed by atoms with Gasteiger partial charge in [-0.1, -0.05) is 25.0 Å². The molecule has 0 bridgehead atoms. The summed E-state index contributed by atoms with van der Waals surface area (Å²) in [5.41, 5.74) is 1.04. The van der Waals surface area contributed by atoms with Gasteiger partial charge in [0.2, 0.25) is 0 Å². The molecule has 0 spiro atoms. The highest BCUT2D eigenvalue weighted by atomic mass is 35.5. The molecule has 94 valence electrons. The maximum absolute atomic E-state index is 13.1. The summed E-state index contributed by atoms with van der Waals surface area (Å²) in [6, 6.07) is 7.32. The van der Waals surface area contributed by atoms with E-state index in [0.29, 0.717) is 11.9 Å². The molecular weight excluding hydrogens is 237 g/mol. The molecule has 0 saturated carbocycles. The average Bonchev–Trinajstić information content (AvgIpc) is 2.54. The minimum atomic E-state index is -0.153. The Bertz CT molecular complexity index is 356. The van der Waals surface area contributed by atoms with Crippen molar-refractivity contribution in [3.63, 3.8) is 0 Å². The topological polar surface area (TPSA) is 3.24 Å². The summed E-state index contributed by atoms with van der Waals surface area (Å²) in [6.45, 7) is 1.89. The van der Waals surface area contributed by atoms with Crippen LogP contribution in [0.3, 0.4) is 0 Å². The van der Waals surface area contributed by atoms with Crippen molar-refractivity contribution in [1.29, 1.82) is 0 Å². The second-order valence-electron chi connectivity index (χ2n) is 4.76. The van der Waals surface area contributed by atoms with Crippen LogP contribution in [0.4, 0.5) is 4.39 Å². The summed E-state index contributed by atoms with van der Waals surface area (Å²) in [6.07, 6.45) is 4.94. The summed E-state index contributed by atoms with van der Waals surface area (Å²) < 4.78 is 13.1. The number of hydrogen-bond donors (Lipinski definition) is 0. The Kier molecular flexibility index (Phi) is 4.81. The number of likely N-dealkylation sites (tertiary alicyclic amines) is 1. The zero-order chi connectivity index (χ0) is 12.1. The predicted molar refractivity (Wildman–Crippen MR) is 69.8 cm³/mol.